The van der Waals surface area contributed by atoms with Crippen LogP contribution in [0.15, 0.2) is 71.8 Å². The van der Waals surface area contributed by atoms with Crippen molar-refractivity contribution in [3.8, 4) is 0 Å². The highest BCUT2D eigenvalue weighted by Crippen LogP contribution is 2.66. The van der Waals surface area contributed by atoms with Gasteiger partial charge in [0.15, 0.2) is 35.8 Å². The van der Waals surface area contributed by atoms with Crippen molar-refractivity contribution in [1.29, 1.82) is 0 Å². The van der Waals surface area contributed by atoms with E-state index in [9.17, 15) is 39.3 Å². The number of esters is 3. The molecule has 0 unspecified atom stereocenters. The van der Waals surface area contributed by atoms with Crippen molar-refractivity contribution in [1.82, 2.24) is 5.32 Å². The molecule has 2 aromatic rings. The molecule has 61 heavy (non-hydrogen) atoms. The molecular formula is C44H51NO16. The number of benzene rings is 2. The number of aliphatic hydroxyl groups excluding tert-OH is 3. The molecule has 2 bridgehead atoms. The summed E-state index contributed by atoms with van der Waals surface area (Å²) in [5, 5.41) is 38.6. The third-order valence-electron chi connectivity index (χ3n) is 13.0. The first-order valence-corrected chi connectivity index (χ1v) is 20.0. The molecule has 2 saturated carbocycles. The van der Waals surface area contributed by atoms with Gasteiger partial charge in [0.1, 0.15) is 17.8 Å². The fourth-order valence-electron chi connectivity index (χ4n) is 10.3. The molecule has 17 heteroatoms. The molecule has 1 amide bonds. The van der Waals surface area contributed by atoms with Gasteiger partial charge in [-0.2, -0.15) is 0 Å². The highest BCUT2D eigenvalue weighted by Gasteiger charge is 2.83. The quantitative estimate of drug-likeness (QED) is 0.169. The smallest absolute Gasteiger partial charge is 0.454 e. The number of alkyl carbamates (subject to hydrolysis) is 1. The number of hydrogen-bond acceptors (Lipinski definition) is 16. The Labute approximate surface area is 351 Å². The second-order valence-corrected chi connectivity index (χ2v) is 18.1. The first-order chi connectivity index (χ1) is 28.5. The molecule has 17 nitrogen and oxygen atoms in total. The van der Waals surface area contributed by atoms with Crippen LogP contribution in [-0.4, -0.2) is 117 Å². The molecule has 4 N–H and O–H groups in total. The third kappa shape index (κ3) is 6.85. The summed E-state index contributed by atoms with van der Waals surface area (Å²) in [5.41, 5.74) is -8.72. The zero-order valence-electron chi connectivity index (χ0n) is 35.0. The molecule has 328 valence electrons. The predicted octanol–water partition coefficient (Wildman–Crippen LogP) is 3.41. The maximum absolute atomic E-state index is 15.1. The lowest BCUT2D eigenvalue weighted by atomic mass is 9.44. The second kappa shape index (κ2) is 15.2. The van der Waals surface area contributed by atoms with Crippen molar-refractivity contribution in [3.05, 3.63) is 82.9 Å². The van der Waals surface area contributed by atoms with Gasteiger partial charge >= 0.3 is 30.2 Å². The first-order valence-electron chi connectivity index (χ1n) is 20.0. The molecule has 4 fully saturated rings. The summed E-state index contributed by atoms with van der Waals surface area (Å²) < 4.78 is 42.0. The summed E-state index contributed by atoms with van der Waals surface area (Å²) in [7, 11) is 0. The monoisotopic (exact) mass is 849 g/mol. The normalized spacial score (nSPS) is 34.5. The molecule has 2 aromatic carbocycles. The fourth-order valence-corrected chi connectivity index (χ4v) is 10.3. The van der Waals surface area contributed by atoms with Crippen LogP contribution in [0.25, 0.3) is 0 Å². The Kier molecular flexibility index (Phi) is 10.9. The summed E-state index contributed by atoms with van der Waals surface area (Å²) in [4.78, 5) is 83.7. The Hall–Kier alpha value is -5.36. The molecule has 2 heterocycles. The Bertz CT molecular complexity index is 2150. The molecule has 1 spiro atoms. The number of nitrogens with one attached hydrogen (secondary N) is 1. The minimum Gasteiger partial charge on any atom is -0.454 e. The minimum atomic E-state index is -2.34. The van der Waals surface area contributed by atoms with Crippen LogP contribution < -0.4 is 5.32 Å². The van der Waals surface area contributed by atoms with Gasteiger partial charge in [0, 0.05) is 18.8 Å². The van der Waals surface area contributed by atoms with Gasteiger partial charge in [-0.3, -0.25) is 9.59 Å². The molecular weight excluding hydrogens is 798 g/mol. The van der Waals surface area contributed by atoms with Crippen LogP contribution in [0.5, 0.6) is 0 Å². The number of carbonyl (C=O) groups excluding carboxylic acids is 6. The van der Waals surface area contributed by atoms with Crippen LogP contribution in [0.4, 0.5) is 9.59 Å². The zero-order chi connectivity index (χ0) is 44.6. The predicted molar refractivity (Wildman–Crippen MR) is 208 cm³/mol. The number of rotatable bonds is 8. The summed E-state index contributed by atoms with van der Waals surface area (Å²) in [6.07, 6.45) is -14.8. The number of ketones is 1. The molecule has 3 aliphatic carbocycles. The van der Waals surface area contributed by atoms with Crippen molar-refractivity contribution in [2.24, 2.45) is 16.7 Å². The molecule has 12 atom stereocenters. The summed E-state index contributed by atoms with van der Waals surface area (Å²) in [6, 6.07) is 14.3. The maximum atomic E-state index is 15.1. The van der Waals surface area contributed by atoms with Crippen LogP contribution in [0.3, 0.4) is 0 Å². The second-order valence-electron chi connectivity index (χ2n) is 18.1. The van der Waals surface area contributed by atoms with Gasteiger partial charge in [-0.15, -0.1) is 0 Å². The average Bonchev–Trinajstić information content (AvgIpc) is 3.55. The maximum Gasteiger partial charge on any atom is 0.509 e. The van der Waals surface area contributed by atoms with Crippen LogP contribution >= 0.6 is 0 Å². The third-order valence-corrected chi connectivity index (χ3v) is 13.0. The Balaban J connectivity index is 1.42. The minimum absolute atomic E-state index is 0.0155. The van der Waals surface area contributed by atoms with E-state index in [0.29, 0.717) is 0 Å². The van der Waals surface area contributed by atoms with Crippen molar-refractivity contribution in [2.45, 2.75) is 127 Å². The lowest BCUT2D eigenvalue weighted by Crippen LogP contribution is -2.83. The molecule has 2 saturated heterocycles. The van der Waals surface area contributed by atoms with E-state index in [-0.39, 0.29) is 35.3 Å². The standard InChI is InChI=1S/C44H51NO16/c1-21-27-29(48)33(50)42(8)25(47)19-26-43(20-55-26,59-22(2)46)32(42)35(57-36(51)24-17-13-10-14-18-24)44(41(27,6)7)34(58-39(54)61-44)31(21)56-37(52)30(49)28(23-15-11-9-12-16-23)45-38(53)60-40(3,4)5/h9-18,25-26,28-32,34-35,47-49H,19-20H2,1-8H3,(H,45,53)/t25-,26+,28-,29+,30+,31+,32-,34-,35-,42+,43-,44+/m0/s1. The Morgan fingerprint density at radius 2 is 1.56 bits per heavy atom. The molecule has 0 aromatic heterocycles. The van der Waals surface area contributed by atoms with Crippen LogP contribution in [-0.2, 0) is 47.5 Å². The van der Waals surface area contributed by atoms with Gasteiger partial charge in [0.05, 0.1) is 35.6 Å². The number of ether oxygens (including phenoxy) is 7. The molecule has 2 aliphatic heterocycles. The number of carbonyl (C=O) groups is 6. The first kappa shape index (κ1) is 43.7. The van der Waals surface area contributed by atoms with Crippen molar-refractivity contribution in [3.63, 3.8) is 0 Å². The van der Waals surface area contributed by atoms with Gasteiger partial charge < -0.3 is 53.8 Å². The average molecular weight is 850 g/mol. The van der Waals surface area contributed by atoms with Crippen LogP contribution in [0, 0.1) is 16.7 Å². The number of Topliss-reactive ketones (excluding diaryl/α,β-unsaturated/α-hetero) is 1. The van der Waals surface area contributed by atoms with E-state index in [2.05, 4.69) is 5.32 Å². The number of aliphatic hydroxyl groups is 3. The summed E-state index contributed by atoms with van der Waals surface area (Å²) >= 11 is 0. The lowest BCUT2D eigenvalue weighted by Gasteiger charge is -2.67. The summed E-state index contributed by atoms with van der Waals surface area (Å²) in [6.45, 7) is 11.5. The largest absolute Gasteiger partial charge is 0.509 e. The van der Waals surface area contributed by atoms with Crippen molar-refractivity contribution in [2.75, 3.05) is 6.61 Å². The van der Waals surface area contributed by atoms with Gasteiger partial charge in [-0.05, 0) is 63.5 Å². The molecule has 7 rings (SSSR count). The van der Waals surface area contributed by atoms with E-state index in [1.165, 1.54) is 39.8 Å². The molecule has 0 radical (unpaired) electrons. The Morgan fingerprint density at radius 1 is 0.934 bits per heavy atom. The number of amides is 1. The van der Waals surface area contributed by atoms with E-state index in [4.69, 9.17) is 33.2 Å². The van der Waals surface area contributed by atoms with E-state index >= 15 is 4.79 Å². The van der Waals surface area contributed by atoms with Gasteiger partial charge in [-0.1, -0.05) is 62.4 Å². The zero-order valence-corrected chi connectivity index (χ0v) is 35.0. The molecule has 5 aliphatic rings. The van der Waals surface area contributed by atoms with Crippen molar-refractivity contribution >= 4 is 35.9 Å². The fraction of sp³-hybridized carbons (Fsp3) is 0.545. The topological polar surface area (TPSA) is 240 Å². The van der Waals surface area contributed by atoms with Crippen LogP contribution in [0.2, 0.25) is 0 Å². The van der Waals surface area contributed by atoms with Gasteiger partial charge in [0.2, 0.25) is 5.60 Å². The van der Waals surface area contributed by atoms with E-state index in [0.717, 1.165) is 6.92 Å². The SMILES string of the molecule is CC(=O)O[C@@]12CO[C@@H]1C[C@H](O)[C@@]1(C)C(=O)[C@H](O)C3=C(C)[C@@H](OC(=O)[C@H](O)[C@@H](NC(=O)OC(C)(C)C)c4ccccc4)[C@@H]4OC(=O)O[C@]4([C@@H](OC(=O)c4ccccc4)[C@H]21)C3(C)C. The highest BCUT2D eigenvalue weighted by molar-refractivity contribution is 5.94. The van der Waals surface area contributed by atoms with Crippen molar-refractivity contribution < 1.29 is 77.2 Å². The van der Waals surface area contributed by atoms with Gasteiger partial charge in [0.25, 0.3) is 0 Å². The summed E-state index contributed by atoms with van der Waals surface area (Å²) in [5.74, 6) is -5.70. The Morgan fingerprint density at radius 3 is 2.13 bits per heavy atom. The van der Waals surface area contributed by atoms with E-state index < -0.39 is 118 Å². The highest BCUT2D eigenvalue weighted by atomic mass is 16.8. The number of hydrogen-bond donors (Lipinski definition) is 4. The van der Waals surface area contributed by atoms with Crippen LogP contribution in [0.1, 0.15) is 83.8 Å². The van der Waals surface area contributed by atoms with E-state index in [1.807, 2.05) is 0 Å². The van der Waals surface area contributed by atoms with E-state index in [1.54, 1.807) is 69.3 Å². The van der Waals surface area contributed by atoms with Gasteiger partial charge in [-0.25, -0.2) is 19.2 Å². The number of fused-ring (bicyclic) bond motifs is 4. The lowest BCUT2D eigenvalue weighted by molar-refractivity contribution is -0.345.